The molecule has 0 aliphatic rings. The van der Waals surface area contributed by atoms with Crippen LogP contribution in [0.2, 0.25) is 0 Å². The first kappa shape index (κ1) is 26.1. The Morgan fingerprint density at radius 1 is 1.00 bits per heavy atom. The highest BCUT2D eigenvalue weighted by molar-refractivity contribution is 7.90. The molecule has 0 aliphatic carbocycles. The minimum atomic E-state index is -4.66. The van der Waals surface area contributed by atoms with Gasteiger partial charge in [-0.15, -0.1) is 0 Å². The zero-order valence-corrected chi connectivity index (χ0v) is 19.9. The number of alkyl halides is 3. The Hall–Kier alpha value is -3.54. The van der Waals surface area contributed by atoms with Gasteiger partial charge in [0, 0.05) is 18.2 Å². The Morgan fingerprint density at radius 3 is 2.23 bits per heavy atom. The number of methoxy groups -OCH3 is 2. The summed E-state index contributed by atoms with van der Waals surface area (Å²) < 4.78 is 78.6. The van der Waals surface area contributed by atoms with Crippen molar-refractivity contribution in [2.24, 2.45) is 0 Å². The lowest BCUT2D eigenvalue weighted by atomic mass is 10.1. The number of ether oxygens (including phenoxy) is 3. The van der Waals surface area contributed by atoms with Crippen molar-refractivity contribution in [1.82, 2.24) is 9.78 Å². The maximum absolute atomic E-state index is 12.9. The summed E-state index contributed by atoms with van der Waals surface area (Å²) in [5.74, 6) is 0.700. The number of hydrogen-bond donors (Lipinski definition) is 0. The standard InChI is InChI=1S/C23H23F3N2O6S/c1-32-19-9-4-15(12-20(19)33-2)10-11-34-21-18(13-27-28(22(21)29)14-23(24,25)26)16-5-7-17(8-6-16)35(3,30)31/h4-9,12-13H,10-11,14H2,1-3H3. The third kappa shape index (κ3) is 6.53. The van der Waals surface area contributed by atoms with Crippen LogP contribution < -0.4 is 19.8 Å². The van der Waals surface area contributed by atoms with Gasteiger partial charge in [0.2, 0.25) is 0 Å². The summed E-state index contributed by atoms with van der Waals surface area (Å²) in [7, 11) is -0.474. The fourth-order valence-corrected chi connectivity index (χ4v) is 3.92. The number of sulfone groups is 1. The van der Waals surface area contributed by atoms with Crippen molar-refractivity contribution in [3.8, 4) is 28.4 Å². The molecule has 1 heterocycles. The first-order valence-electron chi connectivity index (χ1n) is 10.2. The number of hydrogen-bond acceptors (Lipinski definition) is 7. The first-order chi connectivity index (χ1) is 16.4. The van der Waals surface area contributed by atoms with Crippen LogP contribution in [0.25, 0.3) is 11.1 Å². The molecular formula is C23H23F3N2O6S. The lowest BCUT2D eigenvalue weighted by molar-refractivity contribution is -0.143. The van der Waals surface area contributed by atoms with E-state index >= 15 is 0 Å². The molecule has 0 fully saturated rings. The van der Waals surface area contributed by atoms with Gasteiger partial charge >= 0.3 is 11.7 Å². The van der Waals surface area contributed by atoms with Gasteiger partial charge in [-0.2, -0.15) is 18.3 Å². The molecule has 3 rings (SSSR count). The molecule has 3 aromatic rings. The second-order valence-corrected chi connectivity index (χ2v) is 9.57. The summed E-state index contributed by atoms with van der Waals surface area (Å²) in [6, 6.07) is 10.7. The molecule has 0 N–H and O–H groups in total. The topological polar surface area (TPSA) is 96.7 Å². The summed E-state index contributed by atoms with van der Waals surface area (Å²) in [6.07, 6.45) is -2.21. The predicted molar refractivity (Wildman–Crippen MR) is 122 cm³/mol. The van der Waals surface area contributed by atoms with E-state index in [0.717, 1.165) is 18.0 Å². The Balaban J connectivity index is 1.94. The Kier molecular flexibility index (Phi) is 7.73. The van der Waals surface area contributed by atoms with Crippen molar-refractivity contribution in [1.29, 1.82) is 0 Å². The van der Waals surface area contributed by atoms with Crippen molar-refractivity contribution in [2.45, 2.75) is 24.0 Å². The molecule has 0 unspecified atom stereocenters. The van der Waals surface area contributed by atoms with Crippen LogP contribution >= 0.6 is 0 Å². The van der Waals surface area contributed by atoms with E-state index < -0.39 is 28.1 Å². The molecule has 0 amide bonds. The molecule has 35 heavy (non-hydrogen) atoms. The Labute approximate surface area is 199 Å². The third-order valence-corrected chi connectivity index (χ3v) is 6.14. The van der Waals surface area contributed by atoms with Gasteiger partial charge in [0.25, 0.3) is 0 Å². The number of benzene rings is 2. The molecule has 0 atom stereocenters. The van der Waals surface area contributed by atoms with Gasteiger partial charge in [-0.1, -0.05) is 18.2 Å². The third-order valence-electron chi connectivity index (χ3n) is 5.01. The fraction of sp³-hybridized carbons (Fsp3) is 0.304. The minimum Gasteiger partial charge on any atom is -0.493 e. The van der Waals surface area contributed by atoms with Gasteiger partial charge in [-0.25, -0.2) is 13.1 Å². The van der Waals surface area contributed by atoms with Crippen LogP contribution in [0.3, 0.4) is 0 Å². The first-order valence-corrected chi connectivity index (χ1v) is 12.1. The van der Waals surface area contributed by atoms with Crippen LogP contribution in [0.5, 0.6) is 17.2 Å². The van der Waals surface area contributed by atoms with Crippen LogP contribution in [-0.4, -0.2) is 51.5 Å². The lowest BCUT2D eigenvalue weighted by Gasteiger charge is -2.15. The Bertz CT molecular complexity index is 1350. The van der Waals surface area contributed by atoms with E-state index in [2.05, 4.69) is 5.10 Å². The van der Waals surface area contributed by atoms with Gasteiger partial charge in [0.1, 0.15) is 6.54 Å². The van der Waals surface area contributed by atoms with Crippen molar-refractivity contribution in [3.63, 3.8) is 0 Å². The number of rotatable bonds is 9. The van der Waals surface area contributed by atoms with E-state index in [1.54, 1.807) is 18.2 Å². The van der Waals surface area contributed by atoms with Gasteiger partial charge in [-0.3, -0.25) is 4.79 Å². The molecule has 8 nitrogen and oxygen atoms in total. The molecule has 0 aliphatic heterocycles. The summed E-state index contributed by atoms with van der Waals surface area (Å²) in [5, 5.41) is 3.64. The number of halogens is 3. The smallest absolute Gasteiger partial charge is 0.408 e. The molecule has 0 saturated carbocycles. The molecule has 12 heteroatoms. The maximum Gasteiger partial charge on any atom is 0.408 e. The van der Waals surface area contributed by atoms with E-state index in [1.165, 1.54) is 38.5 Å². The van der Waals surface area contributed by atoms with E-state index in [9.17, 15) is 26.4 Å². The molecule has 188 valence electrons. The molecular weight excluding hydrogens is 489 g/mol. The maximum atomic E-state index is 12.9. The molecule has 1 aromatic heterocycles. The molecule has 2 aromatic carbocycles. The van der Waals surface area contributed by atoms with Crippen LogP contribution in [0.1, 0.15) is 5.56 Å². The van der Waals surface area contributed by atoms with Gasteiger partial charge in [-0.05, 0) is 35.4 Å². The fourth-order valence-electron chi connectivity index (χ4n) is 3.29. The second kappa shape index (κ2) is 10.4. The van der Waals surface area contributed by atoms with Gasteiger partial charge in [0.05, 0.1) is 31.9 Å². The predicted octanol–water partition coefficient (Wildman–Crippen LogP) is 3.51. The largest absolute Gasteiger partial charge is 0.493 e. The van der Waals surface area contributed by atoms with Gasteiger partial charge < -0.3 is 14.2 Å². The highest BCUT2D eigenvalue weighted by Crippen LogP contribution is 2.30. The van der Waals surface area contributed by atoms with Crippen LogP contribution in [0.4, 0.5) is 13.2 Å². The zero-order chi connectivity index (χ0) is 25.8. The van der Waals surface area contributed by atoms with E-state index in [-0.39, 0.29) is 27.5 Å². The molecule has 0 radical (unpaired) electrons. The van der Waals surface area contributed by atoms with Crippen molar-refractivity contribution < 1.29 is 35.8 Å². The minimum absolute atomic E-state index is 0.0326. The van der Waals surface area contributed by atoms with Crippen LogP contribution in [-0.2, 0) is 22.8 Å². The van der Waals surface area contributed by atoms with Gasteiger partial charge in [0.15, 0.2) is 27.1 Å². The second-order valence-electron chi connectivity index (χ2n) is 7.55. The highest BCUT2D eigenvalue weighted by Gasteiger charge is 2.30. The van der Waals surface area contributed by atoms with Crippen LogP contribution in [0, 0.1) is 0 Å². The quantitative estimate of drug-likeness (QED) is 0.433. The summed E-state index contributed by atoms with van der Waals surface area (Å²) in [5.41, 5.74) is 0.230. The summed E-state index contributed by atoms with van der Waals surface area (Å²) >= 11 is 0. The normalized spacial score (nSPS) is 11.8. The summed E-state index contributed by atoms with van der Waals surface area (Å²) in [6.45, 7) is -1.61. The van der Waals surface area contributed by atoms with Crippen LogP contribution in [0.15, 0.2) is 58.4 Å². The monoisotopic (exact) mass is 512 g/mol. The van der Waals surface area contributed by atoms with E-state index in [0.29, 0.717) is 23.5 Å². The number of aromatic nitrogens is 2. The highest BCUT2D eigenvalue weighted by atomic mass is 32.2. The van der Waals surface area contributed by atoms with Crippen molar-refractivity contribution in [3.05, 3.63) is 64.6 Å². The summed E-state index contributed by atoms with van der Waals surface area (Å²) in [4.78, 5) is 12.9. The SMILES string of the molecule is COc1ccc(CCOc2c(-c3ccc(S(C)(=O)=O)cc3)cnn(CC(F)(F)F)c2=O)cc1OC. The van der Waals surface area contributed by atoms with E-state index in [1.807, 2.05) is 0 Å². The zero-order valence-electron chi connectivity index (χ0n) is 19.1. The lowest BCUT2D eigenvalue weighted by Crippen LogP contribution is -2.31. The van der Waals surface area contributed by atoms with Crippen molar-refractivity contribution in [2.75, 3.05) is 27.1 Å². The molecule has 0 spiro atoms. The number of nitrogens with zero attached hydrogens (tertiary/aromatic N) is 2. The van der Waals surface area contributed by atoms with E-state index in [4.69, 9.17) is 14.2 Å². The average molecular weight is 513 g/mol. The molecule has 0 bridgehead atoms. The molecule has 0 saturated heterocycles. The Morgan fingerprint density at radius 2 is 1.66 bits per heavy atom. The van der Waals surface area contributed by atoms with Crippen molar-refractivity contribution >= 4 is 9.84 Å². The average Bonchev–Trinajstić information content (AvgIpc) is 2.80.